The highest BCUT2D eigenvalue weighted by atomic mass is 35.5. The zero-order valence-electron chi connectivity index (χ0n) is 18.0. The number of ether oxygens (including phenoxy) is 2. The maximum absolute atomic E-state index is 12.9. The summed E-state index contributed by atoms with van der Waals surface area (Å²) in [6.07, 6.45) is 0.631. The first kappa shape index (κ1) is 24.7. The second-order valence-electron chi connectivity index (χ2n) is 7.88. The van der Waals surface area contributed by atoms with E-state index in [-0.39, 0.29) is 30.7 Å². The van der Waals surface area contributed by atoms with E-state index in [1.165, 1.54) is 6.92 Å². The van der Waals surface area contributed by atoms with Gasteiger partial charge in [0.05, 0.1) is 5.41 Å². The van der Waals surface area contributed by atoms with Crippen LogP contribution in [0.2, 0.25) is 5.02 Å². The molecule has 2 N–H and O–H groups in total. The molecule has 1 aliphatic carbocycles. The second-order valence-corrected chi connectivity index (χ2v) is 8.29. The van der Waals surface area contributed by atoms with E-state index in [4.69, 9.17) is 21.1 Å². The molecule has 31 heavy (non-hydrogen) atoms. The third kappa shape index (κ3) is 6.69. The zero-order valence-corrected chi connectivity index (χ0v) is 18.8. The maximum Gasteiger partial charge on any atom is 0.410 e. The first-order valence-electron chi connectivity index (χ1n) is 10.4. The van der Waals surface area contributed by atoms with Gasteiger partial charge in [0.25, 0.3) is 0 Å². The number of esters is 1. The number of carbonyl (C=O) groups is 4. The van der Waals surface area contributed by atoms with Crippen molar-refractivity contribution < 1.29 is 28.7 Å². The van der Waals surface area contributed by atoms with Gasteiger partial charge in [-0.2, -0.15) is 0 Å². The van der Waals surface area contributed by atoms with Gasteiger partial charge in [-0.25, -0.2) is 4.79 Å². The number of amides is 2. The molecule has 170 valence electrons. The molecule has 0 bridgehead atoms. The van der Waals surface area contributed by atoms with Gasteiger partial charge in [-0.05, 0) is 24.5 Å². The SMILES string of the molecule is CC(C)C(=O)NCC(=O)O[C@H](C)OC(=O)NC[C@@]1(c2ccccc2Cl)CCCCC1=O. The summed E-state index contributed by atoms with van der Waals surface area (Å²) < 4.78 is 10.0. The molecule has 9 heteroatoms. The van der Waals surface area contributed by atoms with E-state index in [9.17, 15) is 19.2 Å². The van der Waals surface area contributed by atoms with E-state index in [0.717, 1.165) is 12.8 Å². The minimum atomic E-state index is -1.17. The summed E-state index contributed by atoms with van der Waals surface area (Å²) in [7, 11) is 0. The average Bonchev–Trinajstić information content (AvgIpc) is 2.72. The third-order valence-corrected chi connectivity index (χ3v) is 5.55. The molecule has 1 aromatic rings. The van der Waals surface area contributed by atoms with Crippen molar-refractivity contribution in [2.45, 2.75) is 58.2 Å². The first-order valence-corrected chi connectivity index (χ1v) is 10.7. The molecule has 0 saturated heterocycles. The summed E-state index contributed by atoms with van der Waals surface area (Å²) in [6, 6.07) is 7.11. The van der Waals surface area contributed by atoms with Crippen LogP contribution in [0.25, 0.3) is 0 Å². The van der Waals surface area contributed by atoms with Crippen molar-refractivity contribution in [1.29, 1.82) is 0 Å². The molecule has 0 radical (unpaired) electrons. The van der Waals surface area contributed by atoms with E-state index >= 15 is 0 Å². The van der Waals surface area contributed by atoms with Gasteiger partial charge >= 0.3 is 12.1 Å². The predicted octanol–water partition coefficient (Wildman–Crippen LogP) is 3.11. The summed E-state index contributed by atoms with van der Waals surface area (Å²) in [6.45, 7) is 4.49. The van der Waals surface area contributed by atoms with Gasteiger partial charge in [-0.3, -0.25) is 14.4 Å². The molecule has 1 aliphatic rings. The number of ketones is 1. The Labute approximate surface area is 187 Å². The molecule has 0 aliphatic heterocycles. The Morgan fingerprint density at radius 1 is 1.10 bits per heavy atom. The van der Waals surface area contributed by atoms with Crippen molar-refractivity contribution in [3.63, 3.8) is 0 Å². The molecule has 2 rings (SSSR count). The number of nitrogens with one attached hydrogen (secondary N) is 2. The molecule has 1 aromatic carbocycles. The summed E-state index contributed by atoms with van der Waals surface area (Å²) in [5.41, 5.74) is -0.238. The van der Waals surface area contributed by atoms with Crippen LogP contribution in [-0.2, 0) is 29.3 Å². The van der Waals surface area contributed by atoms with E-state index in [0.29, 0.717) is 23.4 Å². The minimum Gasteiger partial charge on any atom is -0.424 e. The highest BCUT2D eigenvalue weighted by Gasteiger charge is 2.43. The summed E-state index contributed by atoms with van der Waals surface area (Å²) in [5, 5.41) is 5.51. The summed E-state index contributed by atoms with van der Waals surface area (Å²) in [4.78, 5) is 48.4. The fourth-order valence-electron chi connectivity index (χ4n) is 3.54. The van der Waals surface area contributed by atoms with E-state index in [1.807, 2.05) is 6.07 Å². The Morgan fingerprint density at radius 2 is 1.81 bits per heavy atom. The number of hydrogen-bond donors (Lipinski definition) is 2. The normalized spacial score (nSPS) is 19.5. The lowest BCUT2D eigenvalue weighted by Crippen LogP contribution is -2.49. The smallest absolute Gasteiger partial charge is 0.410 e. The summed E-state index contributed by atoms with van der Waals surface area (Å²) >= 11 is 6.36. The zero-order chi connectivity index (χ0) is 23.0. The van der Waals surface area contributed by atoms with Crippen molar-refractivity contribution in [1.82, 2.24) is 10.6 Å². The van der Waals surface area contributed by atoms with Gasteiger partial charge in [0, 0.05) is 30.8 Å². The van der Waals surface area contributed by atoms with Crippen LogP contribution in [0.15, 0.2) is 24.3 Å². The van der Waals surface area contributed by atoms with E-state index in [2.05, 4.69) is 10.6 Å². The molecule has 2 amide bonds. The topological polar surface area (TPSA) is 111 Å². The minimum absolute atomic E-state index is 0.0209. The lowest BCUT2D eigenvalue weighted by molar-refractivity contribution is -0.164. The molecule has 0 spiro atoms. The number of halogens is 1. The first-order chi connectivity index (χ1) is 14.7. The fourth-order valence-corrected chi connectivity index (χ4v) is 3.85. The van der Waals surface area contributed by atoms with Crippen molar-refractivity contribution >= 4 is 35.4 Å². The molecular formula is C22H29ClN2O6. The van der Waals surface area contributed by atoms with Gasteiger partial charge in [-0.15, -0.1) is 0 Å². The quantitative estimate of drug-likeness (QED) is 0.463. The van der Waals surface area contributed by atoms with Gasteiger partial charge in [0.2, 0.25) is 12.2 Å². The van der Waals surface area contributed by atoms with Gasteiger partial charge < -0.3 is 20.1 Å². The lowest BCUT2D eigenvalue weighted by atomic mass is 9.68. The molecule has 0 unspecified atom stereocenters. The van der Waals surface area contributed by atoms with Gasteiger partial charge in [0.15, 0.2) is 0 Å². The monoisotopic (exact) mass is 452 g/mol. The highest BCUT2D eigenvalue weighted by Crippen LogP contribution is 2.39. The molecular weight excluding hydrogens is 424 g/mol. The van der Waals surface area contributed by atoms with Crippen molar-refractivity contribution in [2.75, 3.05) is 13.1 Å². The van der Waals surface area contributed by atoms with Crippen LogP contribution < -0.4 is 10.6 Å². The number of rotatable bonds is 8. The summed E-state index contributed by atoms with van der Waals surface area (Å²) in [5.74, 6) is -1.26. The Morgan fingerprint density at radius 3 is 2.45 bits per heavy atom. The third-order valence-electron chi connectivity index (χ3n) is 5.22. The second kappa shape index (κ2) is 11.1. The standard InChI is InChI=1S/C22H29ClN2O6/c1-14(2)20(28)24-12-19(27)30-15(3)31-21(29)25-13-22(11-7-6-10-18(22)26)16-8-4-5-9-17(16)23/h4-5,8-9,14-15H,6-7,10-13H2,1-3H3,(H,24,28)(H,25,29)/t15-,22+/m0/s1. The Hall–Kier alpha value is -2.61. The highest BCUT2D eigenvalue weighted by molar-refractivity contribution is 6.31. The number of hydrogen-bond acceptors (Lipinski definition) is 6. The van der Waals surface area contributed by atoms with Crippen LogP contribution in [0, 0.1) is 5.92 Å². The number of alkyl carbamates (subject to hydrolysis) is 1. The molecule has 2 atom stereocenters. The predicted molar refractivity (Wildman–Crippen MR) is 114 cm³/mol. The van der Waals surface area contributed by atoms with Crippen LogP contribution in [0.1, 0.15) is 52.0 Å². The van der Waals surface area contributed by atoms with Crippen LogP contribution in [0.4, 0.5) is 4.79 Å². The molecule has 8 nitrogen and oxygen atoms in total. The fraction of sp³-hybridized carbons (Fsp3) is 0.545. The van der Waals surface area contributed by atoms with Crippen molar-refractivity contribution in [2.24, 2.45) is 5.92 Å². The Bertz CT molecular complexity index is 828. The van der Waals surface area contributed by atoms with E-state index in [1.54, 1.807) is 32.0 Å². The van der Waals surface area contributed by atoms with Crippen LogP contribution >= 0.6 is 11.6 Å². The van der Waals surface area contributed by atoms with E-state index < -0.39 is 23.8 Å². The van der Waals surface area contributed by atoms with Crippen LogP contribution in [0.5, 0.6) is 0 Å². The van der Waals surface area contributed by atoms with Crippen molar-refractivity contribution in [3.8, 4) is 0 Å². The van der Waals surface area contributed by atoms with Crippen molar-refractivity contribution in [3.05, 3.63) is 34.9 Å². The maximum atomic E-state index is 12.9. The molecule has 0 heterocycles. The number of carbonyl (C=O) groups excluding carboxylic acids is 4. The average molecular weight is 453 g/mol. The molecule has 0 aromatic heterocycles. The lowest BCUT2D eigenvalue weighted by Gasteiger charge is -2.36. The Balaban J connectivity index is 1.93. The number of Topliss-reactive ketones (excluding diaryl/α,β-unsaturated/α-hetero) is 1. The molecule has 1 saturated carbocycles. The Kier molecular flexibility index (Phi) is 8.86. The van der Waals surface area contributed by atoms with Crippen LogP contribution in [-0.4, -0.2) is 43.1 Å². The van der Waals surface area contributed by atoms with Gasteiger partial charge in [-0.1, -0.05) is 50.1 Å². The largest absolute Gasteiger partial charge is 0.424 e. The van der Waals surface area contributed by atoms with Gasteiger partial charge in [0.1, 0.15) is 12.3 Å². The molecule has 1 fully saturated rings. The van der Waals surface area contributed by atoms with Crippen LogP contribution in [0.3, 0.4) is 0 Å². The number of benzene rings is 1.